The fourth-order valence-electron chi connectivity index (χ4n) is 2.50. The number of aromatic nitrogens is 1. The van der Waals surface area contributed by atoms with Gasteiger partial charge in [0, 0.05) is 11.1 Å². The molecule has 1 N–H and O–H groups in total. The van der Waals surface area contributed by atoms with Gasteiger partial charge in [-0.2, -0.15) is 0 Å². The van der Waals surface area contributed by atoms with Crippen LogP contribution in [0.1, 0.15) is 32.3 Å². The van der Waals surface area contributed by atoms with Gasteiger partial charge in [0.15, 0.2) is 0 Å². The van der Waals surface area contributed by atoms with Crippen molar-refractivity contribution < 1.29 is 9.21 Å². The predicted octanol–water partition coefficient (Wildman–Crippen LogP) is 3.74. The molecule has 0 atom stereocenters. The van der Waals surface area contributed by atoms with Crippen molar-refractivity contribution in [1.82, 2.24) is 10.3 Å². The van der Waals surface area contributed by atoms with E-state index in [1.54, 1.807) is 6.26 Å². The smallest absolute Gasteiger partial charge is 0.262 e. The Hall–Kier alpha value is -2.14. The lowest BCUT2D eigenvalue weighted by atomic mass is 10.1. The number of rotatable bonds is 3. The minimum Gasteiger partial charge on any atom is -0.467 e. The Labute approximate surface area is 126 Å². The molecule has 4 nitrogen and oxygen atoms in total. The fraction of sp³-hybridized carbons (Fsp3) is 0.250. The van der Waals surface area contributed by atoms with Crippen LogP contribution in [-0.4, -0.2) is 10.9 Å². The molecule has 0 radical (unpaired) electrons. The van der Waals surface area contributed by atoms with E-state index in [2.05, 4.69) is 17.2 Å². The molecule has 0 aliphatic heterocycles. The van der Waals surface area contributed by atoms with Crippen molar-refractivity contribution in [2.75, 3.05) is 0 Å². The Morgan fingerprint density at radius 1 is 1.38 bits per heavy atom. The van der Waals surface area contributed by atoms with E-state index in [1.165, 1.54) is 11.3 Å². The van der Waals surface area contributed by atoms with Crippen molar-refractivity contribution >= 4 is 27.5 Å². The Morgan fingerprint density at radius 2 is 2.19 bits per heavy atom. The van der Waals surface area contributed by atoms with Crippen LogP contribution in [0.4, 0.5) is 0 Å². The van der Waals surface area contributed by atoms with Crippen molar-refractivity contribution in [3.8, 4) is 0 Å². The van der Waals surface area contributed by atoms with Crippen molar-refractivity contribution in [3.05, 3.63) is 51.9 Å². The maximum atomic E-state index is 12.4. The molecule has 0 aliphatic rings. The van der Waals surface area contributed by atoms with Gasteiger partial charge in [-0.25, -0.2) is 4.98 Å². The lowest BCUT2D eigenvalue weighted by molar-refractivity contribution is 0.0951. The number of amides is 1. The van der Waals surface area contributed by atoms with Crippen molar-refractivity contribution in [2.24, 2.45) is 0 Å². The fourth-order valence-corrected chi connectivity index (χ4v) is 3.72. The van der Waals surface area contributed by atoms with E-state index in [1.807, 2.05) is 32.0 Å². The summed E-state index contributed by atoms with van der Waals surface area (Å²) in [5, 5.41) is 3.98. The molecular weight excluding hydrogens is 284 g/mol. The maximum Gasteiger partial charge on any atom is 0.262 e. The summed E-state index contributed by atoms with van der Waals surface area (Å²) in [6.45, 7) is 6.40. The van der Waals surface area contributed by atoms with Crippen LogP contribution in [0.5, 0.6) is 0 Å². The van der Waals surface area contributed by atoms with Crippen LogP contribution in [0, 0.1) is 20.8 Å². The lowest BCUT2D eigenvalue weighted by Crippen LogP contribution is -2.22. The second-order valence-electron chi connectivity index (χ2n) is 5.08. The summed E-state index contributed by atoms with van der Waals surface area (Å²) < 4.78 is 5.22. The minimum atomic E-state index is -0.0797. The Morgan fingerprint density at radius 3 is 2.90 bits per heavy atom. The molecule has 3 heterocycles. The van der Waals surface area contributed by atoms with Gasteiger partial charge < -0.3 is 9.73 Å². The molecule has 3 rings (SSSR count). The zero-order chi connectivity index (χ0) is 15.0. The molecule has 0 unspecified atom stereocenters. The predicted molar refractivity (Wildman–Crippen MR) is 83.7 cm³/mol. The second-order valence-corrected chi connectivity index (χ2v) is 6.08. The number of nitrogens with one attached hydrogen (secondary N) is 1. The first kappa shape index (κ1) is 13.8. The molecule has 0 spiro atoms. The van der Waals surface area contributed by atoms with Gasteiger partial charge in [0.1, 0.15) is 10.6 Å². The second kappa shape index (κ2) is 5.33. The highest BCUT2D eigenvalue weighted by molar-refractivity contribution is 7.20. The number of carbonyl (C=O) groups is 1. The molecule has 3 aromatic rings. The monoisotopic (exact) mass is 300 g/mol. The number of thiophene rings is 1. The molecule has 0 saturated heterocycles. The van der Waals surface area contributed by atoms with Crippen LogP contribution in [0.3, 0.4) is 0 Å². The minimum absolute atomic E-state index is 0.0797. The first-order chi connectivity index (χ1) is 10.1. The zero-order valence-corrected chi connectivity index (χ0v) is 13.0. The van der Waals surface area contributed by atoms with E-state index in [9.17, 15) is 4.79 Å². The average molecular weight is 300 g/mol. The van der Waals surface area contributed by atoms with Gasteiger partial charge in [-0.15, -0.1) is 11.3 Å². The number of aryl methyl sites for hydroxylation is 3. The van der Waals surface area contributed by atoms with Crippen LogP contribution >= 0.6 is 11.3 Å². The van der Waals surface area contributed by atoms with E-state index in [-0.39, 0.29) is 5.91 Å². The van der Waals surface area contributed by atoms with Crippen molar-refractivity contribution in [3.63, 3.8) is 0 Å². The molecule has 21 heavy (non-hydrogen) atoms. The summed E-state index contributed by atoms with van der Waals surface area (Å²) in [6, 6.07) is 5.70. The van der Waals surface area contributed by atoms with Crippen LogP contribution in [0.15, 0.2) is 28.9 Å². The first-order valence-electron chi connectivity index (χ1n) is 6.74. The summed E-state index contributed by atoms with van der Waals surface area (Å²) in [4.78, 5) is 18.5. The van der Waals surface area contributed by atoms with Gasteiger partial charge in [-0.1, -0.05) is 0 Å². The summed E-state index contributed by atoms with van der Waals surface area (Å²) in [7, 11) is 0. The van der Waals surface area contributed by atoms with Crippen LogP contribution in [-0.2, 0) is 6.54 Å². The third kappa shape index (κ3) is 2.56. The summed E-state index contributed by atoms with van der Waals surface area (Å²) in [5.41, 5.74) is 3.14. The van der Waals surface area contributed by atoms with Crippen molar-refractivity contribution in [2.45, 2.75) is 27.3 Å². The van der Waals surface area contributed by atoms with E-state index in [0.717, 1.165) is 37.7 Å². The van der Waals surface area contributed by atoms with E-state index in [4.69, 9.17) is 4.42 Å². The van der Waals surface area contributed by atoms with Crippen molar-refractivity contribution in [1.29, 1.82) is 0 Å². The summed E-state index contributed by atoms with van der Waals surface area (Å²) in [6.07, 6.45) is 1.60. The average Bonchev–Trinajstić information content (AvgIpc) is 3.04. The van der Waals surface area contributed by atoms with Gasteiger partial charge in [-0.3, -0.25) is 4.79 Å². The molecular formula is C16H16N2O2S. The number of hydrogen-bond acceptors (Lipinski definition) is 4. The molecule has 1 amide bonds. The van der Waals surface area contributed by atoms with E-state index in [0.29, 0.717) is 6.54 Å². The van der Waals surface area contributed by atoms with Gasteiger partial charge in [-0.05, 0) is 50.1 Å². The van der Waals surface area contributed by atoms with Gasteiger partial charge >= 0.3 is 0 Å². The third-order valence-electron chi connectivity index (χ3n) is 3.44. The quantitative estimate of drug-likeness (QED) is 0.801. The van der Waals surface area contributed by atoms with E-state index < -0.39 is 0 Å². The number of furan rings is 1. The van der Waals surface area contributed by atoms with Gasteiger partial charge in [0.05, 0.1) is 17.7 Å². The molecule has 3 aromatic heterocycles. The topological polar surface area (TPSA) is 55.1 Å². The highest BCUT2D eigenvalue weighted by atomic mass is 32.1. The van der Waals surface area contributed by atoms with Crippen LogP contribution < -0.4 is 5.32 Å². The molecule has 0 fully saturated rings. The van der Waals surface area contributed by atoms with Crippen LogP contribution in [0.2, 0.25) is 0 Å². The Balaban J connectivity index is 1.91. The molecule has 5 heteroatoms. The lowest BCUT2D eigenvalue weighted by Gasteiger charge is -2.02. The maximum absolute atomic E-state index is 12.4. The highest BCUT2D eigenvalue weighted by Gasteiger charge is 2.17. The number of fused-ring (bicyclic) bond motifs is 1. The summed E-state index contributed by atoms with van der Waals surface area (Å²) in [5.74, 6) is 0.663. The Bertz CT molecular complexity index is 803. The van der Waals surface area contributed by atoms with Gasteiger partial charge in [0.25, 0.3) is 5.91 Å². The SMILES string of the molecule is Cc1cc(C)c2c(C)c(C(=O)NCc3ccco3)sc2n1. The molecule has 108 valence electrons. The number of hydrogen-bond donors (Lipinski definition) is 1. The molecule has 0 aliphatic carbocycles. The van der Waals surface area contributed by atoms with Crippen LogP contribution in [0.25, 0.3) is 10.2 Å². The highest BCUT2D eigenvalue weighted by Crippen LogP contribution is 2.32. The molecule has 0 aromatic carbocycles. The number of carbonyl (C=O) groups excluding carboxylic acids is 1. The van der Waals surface area contributed by atoms with Gasteiger partial charge in [0.2, 0.25) is 0 Å². The largest absolute Gasteiger partial charge is 0.467 e. The zero-order valence-electron chi connectivity index (χ0n) is 12.2. The van der Waals surface area contributed by atoms with E-state index >= 15 is 0 Å². The number of nitrogens with zero attached hydrogens (tertiary/aromatic N) is 1. The molecule has 0 saturated carbocycles. The molecule has 0 bridgehead atoms. The number of pyridine rings is 1. The Kier molecular flexibility index (Phi) is 3.51. The first-order valence-corrected chi connectivity index (χ1v) is 7.56. The third-order valence-corrected chi connectivity index (χ3v) is 4.62. The standard InChI is InChI=1S/C16H16N2O2S/c1-9-7-10(2)18-16-13(9)11(3)14(21-16)15(19)17-8-12-5-4-6-20-12/h4-7H,8H2,1-3H3,(H,17,19). The summed E-state index contributed by atoms with van der Waals surface area (Å²) >= 11 is 1.44. The normalized spacial score (nSPS) is 11.0.